The molecule has 0 spiro atoms. The Morgan fingerprint density at radius 3 is 1.12 bits per heavy atom. The number of hydrogen-bond donors (Lipinski definition) is 2. The van der Waals surface area contributed by atoms with Crippen LogP contribution in [0.4, 0.5) is 0 Å². The fourth-order valence-electron chi connectivity index (χ4n) is 4.89. The van der Waals surface area contributed by atoms with Crippen LogP contribution in [0.1, 0.15) is 39.5 Å². The van der Waals surface area contributed by atoms with Gasteiger partial charge < -0.3 is 10.8 Å². The number of hydrogen-bond acceptors (Lipinski definition) is 8. The van der Waals surface area contributed by atoms with Crippen molar-refractivity contribution in [2.75, 3.05) is 0 Å². The minimum absolute atomic E-state index is 0.279. The van der Waals surface area contributed by atoms with Gasteiger partial charge in [-0.3, -0.25) is 29.7 Å². The van der Waals surface area contributed by atoms with Gasteiger partial charge in [-0.25, -0.2) is 0 Å². The van der Waals surface area contributed by atoms with E-state index in [1.807, 2.05) is 84.9 Å². The lowest BCUT2D eigenvalue weighted by atomic mass is 10.0. The molecule has 0 amide bonds. The van der Waals surface area contributed by atoms with Gasteiger partial charge in [0.15, 0.2) is 0 Å². The first kappa shape index (κ1) is 28.0. The van der Waals surface area contributed by atoms with E-state index in [0.29, 0.717) is 45.8 Å². The zero-order valence-corrected chi connectivity index (χ0v) is 23.0. The standard InChI is InChI=1S/C33H35N7O/c34-19-26-17-27(20-39(22-29-9-1-5-13-35-29)23-30-10-2-6-14-36-30)33(41)28(18-26)21-40(24-31-11-3-7-15-37-31)25-32-12-4-8-16-38-32/h1-18,41H,19-25,34H2. The molecule has 0 radical (unpaired) electrons. The molecule has 0 fully saturated rings. The fraction of sp³-hybridized carbons (Fsp3) is 0.212. The monoisotopic (exact) mass is 545 g/mol. The number of nitrogens with zero attached hydrogens (tertiary/aromatic N) is 6. The molecule has 0 aliphatic heterocycles. The number of benzene rings is 1. The van der Waals surface area contributed by atoms with Gasteiger partial charge in [0.05, 0.1) is 22.8 Å². The van der Waals surface area contributed by atoms with Crippen molar-refractivity contribution in [2.45, 2.75) is 45.8 Å². The second-order valence-electron chi connectivity index (χ2n) is 10.0. The van der Waals surface area contributed by atoms with Gasteiger partial charge >= 0.3 is 0 Å². The van der Waals surface area contributed by atoms with Gasteiger partial charge in [0.1, 0.15) is 5.75 Å². The summed E-state index contributed by atoms with van der Waals surface area (Å²) < 4.78 is 0. The van der Waals surface area contributed by atoms with Gasteiger partial charge in [-0.2, -0.15) is 0 Å². The quantitative estimate of drug-likeness (QED) is 0.217. The number of aromatic nitrogens is 4. The molecule has 0 atom stereocenters. The first-order valence-electron chi connectivity index (χ1n) is 13.7. The molecule has 0 unspecified atom stereocenters. The van der Waals surface area contributed by atoms with E-state index >= 15 is 0 Å². The summed E-state index contributed by atoms with van der Waals surface area (Å²) in [6.45, 7) is 3.87. The molecule has 41 heavy (non-hydrogen) atoms. The molecule has 0 aliphatic carbocycles. The Labute approximate surface area is 241 Å². The topological polar surface area (TPSA) is 104 Å². The molecular formula is C33H35N7O. The van der Waals surface area contributed by atoms with Crippen LogP contribution in [-0.2, 0) is 45.8 Å². The first-order chi connectivity index (χ1) is 20.2. The van der Waals surface area contributed by atoms with Gasteiger partial charge in [0, 0.05) is 81.7 Å². The van der Waals surface area contributed by atoms with E-state index in [-0.39, 0.29) is 5.75 Å². The highest BCUT2D eigenvalue weighted by Gasteiger charge is 2.18. The van der Waals surface area contributed by atoms with E-state index in [9.17, 15) is 5.11 Å². The Balaban J connectivity index is 1.43. The highest BCUT2D eigenvalue weighted by atomic mass is 16.3. The molecular weight excluding hydrogens is 510 g/mol. The van der Waals surface area contributed by atoms with Crippen LogP contribution in [-0.4, -0.2) is 34.8 Å². The maximum atomic E-state index is 11.6. The zero-order chi connectivity index (χ0) is 28.3. The van der Waals surface area contributed by atoms with E-state index in [4.69, 9.17) is 5.73 Å². The summed E-state index contributed by atoms with van der Waals surface area (Å²) in [6, 6.07) is 27.7. The van der Waals surface area contributed by atoms with E-state index in [2.05, 4.69) is 29.7 Å². The summed E-state index contributed by atoms with van der Waals surface area (Å²) in [5.41, 5.74) is 12.6. The predicted octanol–water partition coefficient (Wildman–Crippen LogP) is 4.84. The van der Waals surface area contributed by atoms with Crippen molar-refractivity contribution in [3.05, 3.63) is 149 Å². The minimum atomic E-state index is 0.279. The summed E-state index contributed by atoms with van der Waals surface area (Å²) in [6.07, 6.45) is 7.21. The Bertz CT molecular complexity index is 1290. The van der Waals surface area contributed by atoms with Crippen molar-refractivity contribution in [3.8, 4) is 5.75 Å². The minimum Gasteiger partial charge on any atom is -0.507 e. The van der Waals surface area contributed by atoms with Crippen LogP contribution in [0.3, 0.4) is 0 Å². The normalized spacial score (nSPS) is 11.3. The average Bonchev–Trinajstić information content (AvgIpc) is 3.01. The zero-order valence-electron chi connectivity index (χ0n) is 23.0. The lowest BCUT2D eigenvalue weighted by Gasteiger charge is -2.25. The maximum absolute atomic E-state index is 11.6. The predicted molar refractivity (Wildman–Crippen MR) is 159 cm³/mol. The lowest BCUT2D eigenvalue weighted by molar-refractivity contribution is 0.231. The van der Waals surface area contributed by atoms with Gasteiger partial charge in [-0.05, 0) is 66.2 Å². The van der Waals surface area contributed by atoms with Crippen molar-refractivity contribution >= 4 is 0 Å². The van der Waals surface area contributed by atoms with E-state index in [1.54, 1.807) is 24.8 Å². The van der Waals surface area contributed by atoms with Crippen molar-refractivity contribution < 1.29 is 5.11 Å². The van der Waals surface area contributed by atoms with E-state index in [0.717, 1.165) is 39.5 Å². The molecule has 208 valence electrons. The third kappa shape index (κ3) is 8.25. The summed E-state index contributed by atoms with van der Waals surface area (Å²) in [5.74, 6) is 0.279. The van der Waals surface area contributed by atoms with E-state index < -0.39 is 0 Å². The van der Waals surface area contributed by atoms with Crippen molar-refractivity contribution in [3.63, 3.8) is 0 Å². The summed E-state index contributed by atoms with van der Waals surface area (Å²) in [7, 11) is 0. The Kier molecular flexibility index (Phi) is 9.73. The van der Waals surface area contributed by atoms with Crippen LogP contribution in [0.25, 0.3) is 0 Å². The second kappa shape index (κ2) is 14.2. The van der Waals surface area contributed by atoms with Crippen molar-refractivity contribution in [2.24, 2.45) is 5.73 Å². The van der Waals surface area contributed by atoms with Crippen molar-refractivity contribution in [1.82, 2.24) is 29.7 Å². The van der Waals surface area contributed by atoms with Gasteiger partial charge in [0.25, 0.3) is 0 Å². The number of phenols is 1. The molecule has 1 aromatic carbocycles. The molecule has 4 aromatic heterocycles. The second-order valence-corrected chi connectivity index (χ2v) is 10.0. The van der Waals surface area contributed by atoms with Crippen molar-refractivity contribution in [1.29, 1.82) is 0 Å². The molecule has 5 aromatic rings. The highest BCUT2D eigenvalue weighted by Crippen LogP contribution is 2.29. The summed E-state index contributed by atoms with van der Waals surface area (Å²) in [4.78, 5) is 22.6. The molecule has 8 heteroatoms. The molecule has 0 aliphatic rings. The van der Waals surface area contributed by atoms with Crippen LogP contribution in [0.2, 0.25) is 0 Å². The van der Waals surface area contributed by atoms with Crippen LogP contribution in [0.15, 0.2) is 110 Å². The smallest absolute Gasteiger partial charge is 0.124 e. The SMILES string of the molecule is NCc1cc(CN(Cc2ccccn2)Cc2ccccn2)c(O)c(CN(Cc2ccccn2)Cc2ccccn2)c1. The fourth-order valence-corrected chi connectivity index (χ4v) is 4.89. The third-order valence-corrected chi connectivity index (χ3v) is 6.80. The maximum Gasteiger partial charge on any atom is 0.124 e. The molecule has 3 N–H and O–H groups in total. The summed E-state index contributed by atoms with van der Waals surface area (Å²) >= 11 is 0. The van der Waals surface area contributed by atoms with Crippen LogP contribution in [0, 0.1) is 0 Å². The molecule has 0 saturated carbocycles. The molecule has 0 saturated heterocycles. The van der Waals surface area contributed by atoms with Crippen LogP contribution >= 0.6 is 0 Å². The Morgan fingerprint density at radius 1 is 0.512 bits per heavy atom. The first-order valence-corrected chi connectivity index (χ1v) is 13.7. The van der Waals surface area contributed by atoms with Crippen LogP contribution in [0.5, 0.6) is 5.75 Å². The average molecular weight is 546 g/mol. The number of nitrogens with two attached hydrogens (primary N) is 1. The van der Waals surface area contributed by atoms with Crippen LogP contribution < -0.4 is 5.73 Å². The molecule has 5 rings (SSSR count). The van der Waals surface area contributed by atoms with Gasteiger partial charge in [-0.15, -0.1) is 0 Å². The number of pyridine rings is 4. The largest absolute Gasteiger partial charge is 0.507 e. The summed E-state index contributed by atoms with van der Waals surface area (Å²) in [5, 5.41) is 11.6. The Hall–Kier alpha value is -4.50. The molecule has 8 nitrogen and oxygen atoms in total. The highest BCUT2D eigenvalue weighted by molar-refractivity contribution is 5.44. The molecule has 0 bridgehead atoms. The Morgan fingerprint density at radius 2 is 0.854 bits per heavy atom. The number of aromatic hydroxyl groups is 1. The van der Waals surface area contributed by atoms with Gasteiger partial charge in [0.2, 0.25) is 0 Å². The number of rotatable bonds is 13. The lowest BCUT2D eigenvalue weighted by Crippen LogP contribution is -2.25. The molecule has 4 heterocycles. The number of phenolic OH excluding ortho intramolecular Hbond substituents is 1. The third-order valence-electron chi connectivity index (χ3n) is 6.80. The van der Waals surface area contributed by atoms with Gasteiger partial charge in [-0.1, -0.05) is 24.3 Å². The van der Waals surface area contributed by atoms with E-state index in [1.165, 1.54) is 0 Å².